The van der Waals surface area contributed by atoms with Crippen LogP contribution in [0, 0.1) is 0 Å². The molecule has 0 radical (unpaired) electrons. The van der Waals surface area contributed by atoms with Crippen LogP contribution in [0.15, 0.2) is 94.9 Å². The highest BCUT2D eigenvalue weighted by molar-refractivity contribution is 6.05. The van der Waals surface area contributed by atoms with Crippen molar-refractivity contribution >= 4 is 47.0 Å². The minimum atomic E-state index is -0.216. The SMILES string of the molecule is O=C(/C=C\c1ccc(/C=C\C(=O)Nc2cccc(C3=NCCCN3)c2)cc1)Nc1cccc(C2=NCCCN2)c1. The largest absolute Gasteiger partial charge is 0.370 e. The second kappa shape index (κ2) is 13.2. The molecule has 0 aromatic heterocycles. The van der Waals surface area contributed by atoms with E-state index in [4.69, 9.17) is 0 Å². The molecule has 2 amide bonds. The van der Waals surface area contributed by atoms with Crippen LogP contribution < -0.4 is 21.3 Å². The Bertz CT molecular complexity index is 1370. The summed E-state index contributed by atoms with van der Waals surface area (Å²) in [5.41, 5.74) is 5.10. The fourth-order valence-corrected chi connectivity index (χ4v) is 4.37. The van der Waals surface area contributed by atoms with Gasteiger partial charge in [0.2, 0.25) is 11.8 Å². The van der Waals surface area contributed by atoms with E-state index >= 15 is 0 Å². The van der Waals surface area contributed by atoms with E-state index in [9.17, 15) is 9.59 Å². The molecule has 0 fully saturated rings. The third-order valence-electron chi connectivity index (χ3n) is 6.39. The molecule has 2 heterocycles. The number of benzene rings is 3. The first-order chi connectivity index (χ1) is 19.6. The molecular formula is C32H32N6O2. The molecule has 0 aliphatic carbocycles. The van der Waals surface area contributed by atoms with Gasteiger partial charge in [-0.3, -0.25) is 19.6 Å². The minimum absolute atomic E-state index is 0.216. The number of amides is 2. The number of nitrogens with one attached hydrogen (secondary N) is 4. The van der Waals surface area contributed by atoms with E-state index in [2.05, 4.69) is 31.3 Å². The maximum Gasteiger partial charge on any atom is 0.248 e. The number of anilines is 2. The number of rotatable bonds is 8. The molecular weight excluding hydrogens is 500 g/mol. The van der Waals surface area contributed by atoms with Crippen LogP contribution in [0.25, 0.3) is 12.2 Å². The lowest BCUT2D eigenvalue weighted by molar-refractivity contribution is -0.112. The fourth-order valence-electron chi connectivity index (χ4n) is 4.37. The van der Waals surface area contributed by atoms with Crippen LogP contribution >= 0.6 is 0 Å². The van der Waals surface area contributed by atoms with Gasteiger partial charge in [-0.2, -0.15) is 0 Å². The van der Waals surface area contributed by atoms with Gasteiger partial charge in [0.1, 0.15) is 11.7 Å². The number of aliphatic imine (C=N–C) groups is 2. The van der Waals surface area contributed by atoms with Gasteiger partial charge in [-0.25, -0.2) is 0 Å². The standard InChI is InChI=1S/C32H32N6O2/c39-29(37-27-7-1-5-25(21-27)31-33-17-3-18-34-31)15-13-23-9-11-24(12-10-23)14-16-30(40)38-28-8-2-6-26(22-28)32-35-19-4-20-36-32/h1-2,5-16,21-22H,3-4,17-20H2,(H,33,34)(H,35,36)(H,37,39)(H,38,40)/b15-13-,16-14-. The molecule has 202 valence electrons. The molecule has 0 unspecified atom stereocenters. The third kappa shape index (κ3) is 7.54. The summed E-state index contributed by atoms with van der Waals surface area (Å²) in [6.45, 7) is 3.44. The molecule has 8 nitrogen and oxygen atoms in total. The van der Waals surface area contributed by atoms with Crippen molar-refractivity contribution in [2.24, 2.45) is 9.98 Å². The van der Waals surface area contributed by atoms with Crippen molar-refractivity contribution in [3.05, 3.63) is 107 Å². The van der Waals surface area contributed by atoms with Gasteiger partial charge in [0, 0.05) is 60.8 Å². The van der Waals surface area contributed by atoms with Crippen LogP contribution in [0.5, 0.6) is 0 Å². The molecule has 0 spiro atoms. The first kappa shape index (κ1) is 26.6. The number of hydrogen-bond donors (Lipinski definition) is 4. The van der Waals surface area contributed by atoms with Gasteiger partial charge in [0.25, 0.3) is 0 Å². The van der Waals surface area contributed by atoms with Gasteiger partial charge in [-0.15, -0.1) is 0 Å². The van der Waals surface area contributed by atoms with Crippen molar-refractivity contribution in [3.63, 3.8) is 0 Å². The second-order valence-electron chi connectivity index (χ2n) is 9.49. The lowest BCUT2D eigenvalue weighted by atomic mass is 10.1. The molecule has 3 aromatic carbocycles. The number of amidine groups is 2. The predicted octanol–water partition coefficient (Wildman–Crippen LogP) is 4.47. The Hall–Kier alpha value is -4.98. The van der Waals surface area contributed by atoms with E-state index in [1.54, 1.807) is 12.2 Å². The molecule has 2 aliphatic heterocycles. The average Bonchev–Trinajstić information content (AvgIpc) is 3.01. The highest BCUT2D eigenvalue weighted by Crippen LogP contribution is 2.15. The topological polar surface area (TPSA) is 107 Å². The van der Waals surface area contributed by atoms with Crippen molar-refractivity contribution < 1.29 is 9.59 Å². The van der Waals surface area contributed by atoms with E-state index < -0.39 is 0 Å². The first-order valence-electron chi connectivity index (χ1n) is 13.5. The van der Waals surface area contributed by atoms with Crippen LogP contribution in [0.3, 0.4) is 0 Å². The van der Waals surface area contributed by atoms with Crippen LogP contribution in [0.2, 0.25) is 0 Å². The van der Waals surface area contributed by atoms with Gasteiger partial charge in [-0.05, 0) is 60.4 Å². The molecule has 0 saturated carbocycles. The van der Waals surface area contributed by atoms with Crippen molar-refractivity contribution in [1.82, 2.24) is 10.6 Å². The van der Waals surface area contributed by atoms with Crippen LogP contribution in [0.4, 0.5) is 11.4 Å². The molecule has 0 atom stereocenters. The number of carbonyl (C=O) groups is 2. The van der Waals surface area contributed by atoms with E-state index in [-0.39, 0.29) is 11.8 Å². The summed E-state index contributed by atoms with van der Waals surface area (Å²) in [5, 5.41) is 12.4. The zero-order valence-electron chi connectivity index (χ0n) is 22.2. The zero-order valence-corrected chi connectivity index (χ0v) is 22.2. The maximum atomic E-state index is 12.5. The van der Waals surface area contributed by atoms with Crippen LogP contribution in [0.1, 0.15) is 35.1 Å². The number of hydrogen-bond acceptors (Lipinski definition) is 6. The Balaban J connectivity index is 1.13. The smallest absolute Gasteiger partial charge is 0.248 e. The van der Waals surface area contributed by atoms with E-state index in [0.717, 1.165) is 72.9 Å². The van der Waals surface area contributed by atoms with Gasteiger partial charge in [0.05, 0.1) is 0 Å². The molecule has 0 saturated heterocycles. The molecule has 8 heteroatoms. The van der Waals surface area contributed by atoms with Gasteiger partial charge >= 0.3 is 0 Å². The molecule has 40 heavy (non-hydrogen) atoms. The van der Waals surface area contributed by atoms with Crippen molar-refractivity contribution in [3.8, 4) is 0 Å². The van der Waals surface area contributed by atoms with Crippen molar-refractivity contribution in [2.45, 2.75) is 12.8 Å². The van der Waals surface area contributed by atoms with E-state index in [1.165, 1.54) is 12.2 Å². The van der Waals surface area contributed by atoms with Crippen molar-refractivity contribution in [2.75, 3.05) is 36.8 Å². The highest BCUT2D eigenvalue weighted by atomic mass is 16.2. The Labute approximate surface area is 234 Å². The summed E-state index contributed by atoms with van der Waals surface area (Å²) >= 11 is 0. The Morgan fingerprint density at radius 1 is 0.650 bits per heavy atom. The summed E-state index contributed by atoms with van der Waals surface area (Å²) in [5.74, 6) is 1.29. The summed E-state index contributed by atoms with van der Waals surface area (Å²) in [4.78, 5) is 34.0. The third-order valence-corrected chi connectivity index (χ3v) is 6.39. The molecule has 4 N–H and O–H groups in total. The lowest BCUT2D eigenvalue weighted by Gasteiger charge is -2.15. The number of nitrogens with zero attached hydrogens (tertiary/aromatic N) is 2. The van der Waals surface area contributed by atoms with Crippen molar-refractivity contribution in [1.29, 1.82) is 0 Å². The Kier molecular flexibility index (Phi) is 8.78. The monoisotopic (exact) mass is 532 g/mol. The minimum Gasteiger partial charge on any atom is -0.370 e. The van der Waals surface area contributed by atoms with Gasteiger partial charge < -0.3 is 21.3 Å². The average molecular weight is 533 g/mol. The summed E-state index contributed by atoms with van der Waals surface area (Å²) in [6.07, 6.45) is 8.58. The summed E-state index contributed by atoms with van der Waals surface area (Å²) < 4.78 is 0. The Morgan fingerprint density at radius 3 is 1.50 bits per heavy atom. The molecule has 3 aromatic rings. The molecule has 2 aliphatic rings. The lowest BCUT2D eigenvalue weighted by Crippen LogP contribution is -2.30. The van der Waals surface area contributed by atoms with Gasteiger partial charge in [0.15, 0.2) is 0 Å². The zero-order chi connectivity index (χ0) is 27.6. The van der Waals surface area contributed by atoms with E-state index in [0.29, 0.717) is 11.4 Å². The van der Waals surface area contributed by atoms with Gasteiger partial charge in [-0.1, -0.05) is 48.5 Å². The van der Waals surface area contributed by atoms with Crippen LogP contribution in [-0.2, 0) is 9.59 Å². The first-order valence-corrected chi connectivity index (χ1v) is 13.5. The van der Waals surface area contributed by atoms with Crippen LogP contribution in [-0.4, -0.2) is 49.7 Å². The number of carbonyl (C=O) groups excluding carboxylic acids is 2. The maximum absolute atomic E-state index is 12.5. The van der Waals surface area contributed by atoms with E-state index in [1.807, 2.05) is 72.8 Å². The Morgan fingerprint density at radius 2 is 1.10 bits per heavy atom. The predicted molar refractivity (Wildman–Crippen MR) is 163 cm³/mol. The second-order valence-corrected chi connectivity index (χ2v) is 9.49. The molecule has 0 bridgehead atoms. The highest BCUT2D eigenvalue weighted by Gasteiger charge is 2.09. The summed E-state index contributed by atoms with van der Waals surface area (Å²) in [7, 11) is 0. The normalized spacial score (nSPS) is 15.1. The molecule has 5 rings (SSSR count). The quantitative estimate of drug-likeness (QED) is 0.321. The summed E-state index contributed by atoms with van der Waals surface area (Å²) in [6, 6.07) is 22.9. The fraction of sp³-hybridized carbons (Fsp3) is 0.188.